The molecule has 0 aliphatic carbocycles. The fraction of sp³-hybridized carbons (Fsp3) is 0.269. The number of benzene rings is 2. The fourth-order valence-corrected chi connectivity index (χ4v) is 5.12. The molecule has 0 fully saturated rings. The van der Waals surface area contributed by atoms with Crippen LogP contribution in [0.25, 0.3) is 6.08 Å². The van der Waals surface area contributed by atoms with Gasteiger partial charge in [0.25, 0.3) is 5.56 Å². The van der Waals surface area contributed by atoms with Gasteiger partial charge in [-0.05, 0) is 55.3 Å². The van der Waals surface area contributed by atoms with Gasteiger partial charge in [-0.15, -0.1) is 0 Å². The lowest BCUT2D eigenvalue weighted by Crippen LogP contribution is -2.39. The highest BCUT2D eigenvalue weighted by Gasteiger charge is 2.33. The molecule has 0 radical (unpaired) electrons. The Morgan fingerprint density at radius 3 is 2.42 bits per heavy atom. The summed E-state index contributed by atoms with van der Waals surface area (Å²) in [4.78, 5) is 31.7. The van der Waals surface area contributed by atoms with Crippen LogP contribution in [0.3, 0.4) is 0 Å². The summed E-state index contributed by atoms with van der Waals surface area (Å²) < 4.78 is 23.1. The van der Waals surface area contributed by atoms with Crippen molar-refractivity contribution < 1.29 is 28.8 Å². The van der Waals surface area contributed by atoms with Gasteiger partial charge in [0.2, 0.25) is 0 Å². The molecule has 1 atom stereocenters. The first-order valence-electron chi connectivity index (χ1n) is 11.1. The molecule has 0 saturated heterocycles. The number of fused-ring (bicyclic) bond motifs is 1. The second-order valence-corrected chi connectivity index (χ2v) is 8.86. The van der Waals surface area contributed by atoms with Gasteiger partial charge in [0.15, 0.2) is 27.8 Å². The Hall–Kier alpha value is -4.05. The van der Waals surface area contributed by atoms with Crippen molar-refractivity contribution in [1.82, 2.24) is 4.57 Å². The Labute approximate surface area is 211 Å². The molecule has 1 aliphatic rings. The maximum absolute atomic E-state index is 13.7. The van der Waals surface area contributed by atoms with Gasteiger partial charge >= 0.3 is 5.97 Å². The third kappa shape index (κ3) is 4.47. The molecule has 0 spiro atoms. The van der Waals surface area contributed by atoms with Gasteiger partial charge in [0.1, 0.15) is 0 Å². The molecular formula is C26H26N2O7S. The Bertz CT molecular complexity index is 1530. The molecule has 0 saturated carbocycles. The summed E-state index contributed by atoms with van der Waals surface area (Å²) in [7, 11) is 4.51. The standard InChI is InChI=1S/C26H26N2O7S/c1-6-35-25(31)22-14(2)27-26-28(23(22)16-8-10-19(33-4)20(13-16)34-5)24(30)21(36-26)12-15-7-9-18(32-3)17(29)11-15/h7-13,23,29H,6H2,1-5H3/b21-12-. The van der Waals surface area contributed by atoms with E-state index in [4.69, 9.17) is 18.9 Å². The minimum absolute atomic E-state index is 0.0392. The minimum atomic E-state index is -0.786. The van der Waals surface area contributed by atoms with E-state index in [1.807, 2.05) is 0 Å². The van der Waals surface area contributed by atoms with Crippen molar-refractivity contribution in [2.45, 2.75) is 19.9 Å². The average Bonchev–Trinajstić information content (AvgIpc) is 3.17. The smallest absolute Gasteiger partial charge is 0.338 e. The zero-order valence-corrected chi connectivity index (χ0v) is 21.3. The van der Waals surface area contributed by atoms with E-state index in [0.29, 0.717) is 43.4 Å². The van der Waals surface area contributed by atoms with E-state index in [1.54, 1.807) is 50.3 Å². The van der Waals surface area contributed by atoms with Crippen LogP contribution in [0.5, 0.6) is 23.0 Å². The molecule has 1 aromatic heterocycles. The van der Waals surface area contributed by atoms with Crippen molar-refractivity contribution >= 4 is 23.4 Å². The largest absolute Gasteiger partial charge is 0.504 e. The highest BCUT2D eigenvalue weighted by Crippen LogP contribution is 2.36. The third-order valence-corrected chi connectivity index (χ3v) is 6.72. The molecule has 0 bridgehead atoms. The van der Waals surface area contributed by atoms with Crippen molar-refractivity contribution in [3.63, 3.8) is 0 Å². The van der Waals surface area contributed by atoms with Gasteiger partial charge in [-0.3, -0.25) is 9.36 Å². The molecule has 188 valence electrons. The molecule has 36 heavy (non-hydrogen) atoms. The molecule has 0 amide bonds. The number of allylic oxidation sites excluding steroid dienone is 1. The van der Waals surface area contributed by atoms with Gasteiger partial charge < -0.3 is 24.1 Å². The zero-order chi connectivity index (χ0) is 26.0. The number of hydrogen-bond donors (Lipinski definition) is 1. The van der Waals surface area contributed by atoms with E-state index < -0.39 is 12.0 Å². The molecule has 10 heteroatoms. The second-order valence-electron chi connectivity index (χ2n) is 7.85. The van der Waals surface area contributed by atoms with Gasteiger partial charge in [0.05, 0.1) is 49.8 Å². The number of rotatable bonds is 7. The van der Waals surface area contributed by atoms with Gasteiger partial charge in [-0.25, -0.2) is 9.79 Å². The number of aromatic hydroxyl groups is 1. The predicted octanol–water partition coefficient (Wildman–Crippen LogP) is 2.53. The number of nitrogens with zero attached hydrogens (tertiary/aromatic N) is 2. The molecule has 2 aromatic carbocycles. The van der Waals surface area contributed by atoms with Gasteiger partial charge in [-0.1, -0.05) is 23.5 Å². The van der Waals surface area contributed by atoms with Crippen LogP contribution in [0.1, 0.15) is 31.0 Å². The number of carbonyl (C=O) groups excluding carboxylic acids is 1. The minimum Gasteiger partial charge on any atom is -0.504 e. The number of esters is 1. The van der Waals surface area contributed by atoms with Crippen molar-refractivity contribution in [3.8, 4) is 23.0 Å². The number of phenols is 1. The summed E-state index contributed by atoms with van der Waals surface area (Å²) in [6.45, 7) is 3.62. The van der Waals surface area contributed by atoms with E-state index in [-0.39, 0.29) is 23.5 Å². The van der Waals surface area contributed by atoms with Crippen LogP contribution < -0.4 is 29.1 Å². The van der Waals surface area contributed by atoms with Crippen LogP contribution in [-0.2, 0) is 9.53 Å². The van der Waals surface area contributed by atoms with Crippen LogP contribution in [0.2, 0.25) is 0 Å². The number of methoxy groups -OCH3 is 3. The number of ether oxygens (including phenoxy) is 4. The Morgan fingerprint density at radius 2 is 1.78 bits per heavy atom. The lowest BCUT2D eigenvalue weighted by Gasteiger charge is -2.25. The van der Waals surface area contributed by atoms with Crippen LogP contribution in [0.4, 0.5) is 0 Å². The van der Waals surface area contributed by atoms with Crippen LogP contribution in [0.15, 0.2) is 57.5 Å². The molecule has 1 unspecified atom stereocenters. The first kappa shape index (κ1) is 25.1. The quantitative estimate of drug-likeness (QED) is 0.487. The first-order chi connectivity index (χ1) is 17.3. The molecule has 1 aliphatic heterocycles. The zero-order valence-electron chi connectivity index (χ0n) is 20.5. The summed E-state index contributed by atoms with van der Waals surface area (Å²) in [6.07, 6.45) is 1.66. The summed E-state index contributed by atoms with van der Waals surface area (Å²) >= 11 is 1.19. The van der Waals surface area contributed by atoms with E-state index in [2.05, 4.69) is 4.99 Å². The summed E-state index contributed by atoms with van der Waals surface area (Å²) in [6, 6.07) is 9.32. The van der Waals surface area contributed by atoms with Crippen LogP contribution >= 0.6 is 11.3 Å². The highest BCUT2D eigenvalue weighted by molar-refractivity contribution is 7.07. The van der Waals surface area contributed by atoms with Crippen molar-refractivity contribution in [1.29, 1.82) is 0 Å². The highest BCUT2D eigenvalue weighted by atomic mass is 32.1. The Kier molecular flexibility index (Phi) is 7.16. The number of thiazole rings is 1. The van der Waals surface area contributed by atoms with Crippen LogP contribution in [0, 0.1) is 0 Å². The molecular weight excluding hydrogens is 484 g/mol. The SMILES string of the molecule is CCOC(=O)C1=C(C)N=c2s/c(=C\c3ccc(OC)c(O)c3)c(=O)n2C1c1ccc(OC)c(OC)c1. The Balaban J connectivity index is 1.95. The van der Waals surface area contributed by atoms with Crippen molar-refractivity contribution in [2.24, 2.45) is 4.99 Å². The van der Waals surface area contributed by atoms with E-state index >= 15 is 0 Å². The van der Waals surface area contributed by atoms with Crippen molar-refractivity contribution in [3.05, 3.63) is 78.5 Å². The molecule has 9 nitrogen and oxygen atoms in total. The third-order valence-electron chi connectivity index (χ3n) is 5.74. The maximum atomic E-state index is 13.7. The van der Waals surface area contributed by atoms with Gasteiger partial charge in [0, 0.05) is 0 Å². The first-order valence-corrected chi connectivity index (χ1v) is 11.9. The number of phenolic OH excluding ortho intramolecular Hbond substituents is 1. The normalized spacial score (nSPS) is 15.2. The summed E-state index contributed by atoms with van der Waals surface area (Å²) in [5.74, 6) is 0.724. The fourth-order valence-electron chi connectivity index (χ4n) is 4.08. The van der Waals surface area contributed by atoms with Crippen LogP contribution in [-0.4, -0.2) is 43.6 Å². The number of hydrogen-bond acceptors (Lipinski definition) is 9. The van der Waals surface area contributed by atoms with Crippen molar-refractivity contribution in [2.75, 3.05) is 27.9 Å². The van der Waals surface area contributed by atoms with E-state index in [9.17, 15) is 14.7 Å². The lowest BCUT2D eigenvalue weighted by atomic mass is 9.95. The van der Waals surface area contributed by atoms with Gasteiger partial charge in [-0.2, -0.15) is 0 Å². The van der Waals surface area contributed by atoms with E-state index in [0.717, 1.165) is 0 Å². The average molecular weight is 511 g/mol. The molecule has 3 aromatic rings. The molecule has 1 N–H and O–H groups in total. The summed E-state index contributed by atoms with van der Waals surface area (Å²) in [5, 5.41) is 10.1. The molecule has 4 rings (SSSR count). The number of carbonyl (C=O) groups is 1. The molecule has 2 heterocycles. The number of aromatic nitrogens is 1. The maximum Gasteiger partial charge on any atom is 0.338 e. The summed E-state index contributed by atoms with van der Waals surface area (Å²) in [5.41, 5.74) is 1.65. The van der Waals surface area contributed by atoms with E-state index in [1.165, 1.54) is 43.3 Å². The monoisotopic (exact) mass is 510 g/mol. The topological polar surface area (TPSA) is 109 Å². The lowest BCUT2D eigenvalue weighted by molar-refractivity contribution is -0.139. The predicted molar refractivity (Wildman–Crippen MR) is 135 cm³/mol. The Morgan fingerprint density at radius 1 is 1.08 bits per heavy atom. The second kappa shape index (κ2) is 10.3.